The van der Waals surface area contributed by atoms with Crippen LogP contribution in [0.2, 0.25) is 0 Å². The summed E-state index contributed by atoms with van der Waals surface area (Å²) in [6.45, 7) is 0. The third-order valence-electron chi connectivity index (χ3n) is 3.04. The number of aliphatic hydroxyl groups is 1. The molecule has 0 amide bonds. The first-order valence-corrected chi connectivity index (χ1v) is 5.30. The van der Waals surface area contributed by atoms with Crippen molar-refractivity contribution in [1.29, 1.82) is 0 Å². The molecule has 15 heavy (non-hydrogen) atoms. The van der Waals surface area contributed by atoms with Crippen LogP contribution in [0.15, 0.2) is 24.3 Å². The SMILES string of the molecule is NC1CCC(O)(Cc2cccc(F)c2)C1. The molecule has 1 fully saturated rings. The van der Waals surface area contributed by atoms with Gasteiger partial charge < -0.3 is 10.8 Å². The number of rotatable bonds is 2. The van der Waals surface area contributed by atoms with E-state index in [1.54, 1.807) is 6.07 Å². The first kappa shape index (κ1) is 10.6. The van der Waals surface area contributed by atoms with Crippen LogP contribution < -0.4 is 5.73 Å². The number of benzene rings is 1. The maximum Gasteiger partial charge on any atom is 0.123 e. The molecule has 0 aromatic heterocycles. The molecule has 0 saturated heterocycles. The average Bonchev–Trinajstić information content (AvgIpc) is 2.45. The van der Waals surface area contributed by atoms with Gasteiger partial charge in [-0.05, 0) is 37.0 Å². The third kappa shape index (κ3) is 2.55. The van der Waals surface area contributed by atoms with E-state index in [4.69, 9.17) is 5.73 Å². The molecule has 1 aliphatic rings. The van der Waals surface area contributed by atoms with Gasteiger partial charge in [0.05, 0.1) is 5.60 Å². The molecule has 82 valence electrons. The van der Waals surface area contributed by atoms with Gasteiger partial charge in [-0.3, -0.25) is 0 Å². The molecule has 2 rings (SSSR count). The van der Waals surface area contributed by atoms with Crippen LogP contribution in [0.4, 0.5) is 4.39 Å². The molecule has 3 heteroatoms. The highest BCUT2D eigenvalue weighted by Gasteiger charge is 2.35. The molecule has 3 N–H and O–H groups in total. The summed E-state index contributed by atoms with van der Waals surface area (Å²) in [4.78, 5) is 0. The summed E-state index contributed by atoms with van der Waals surface area (Å²) in [5, 5.41) is 10.2. The summed E-state index contributed by atoms with van der Waals surface area (Å²) < 4.78 is 12.9. The summed E-state index contributed by atoms with van der Waals surface area (Å²) in [5.74, 6) is -0.251. The monoisotopic (exact) mass is 209 g/mol. The Bertz CT molecular complexity index is 355. The lowest BCUT2D eigenvalue weighted by Crippen LogP contribution is -2.30. The van der Waals surface area contributed by atoms with Gasteiger partial charge in [0.25, 0.3) is 0 Å². The smallest absolute Gasteiger partial charge is 0.123 e. The Morgan fingerprint density at radius 1 is 1.53 bits per heavy atom. The van der Waals surface area contributed by atoms with Gasteiger partial charge in [0.1, 0.15) is 5.82 Å². The predicted octanol–water partition coefficient (Wildman–Crippen LogP) is 1.61. The van der Waals surface area contributed by atoms with Crippen molar-refractivity contribution >= 4 is 0 Å². The Hall–Kier alpha value is -0.930. The van der Waals surface area contributed by atoms with Crippen molar-refractivity contribution in [1.82, 2.24) is 0 Å². The molecule has 0 aliphatic heterocycles. The fraction of sp³-hybridized carbons (Fsp3) is 0.500. The second kappa shape index (κ2) is 3.91. The molecule has 0 bridgehead atoms. The predicted molar refractivity (Wildman–Crippen MR) is 56.9 cm³/mol. The Kier molecular flexibility index (Phi) is 2.76. The molecule has 1 aromatic rings. The van der Waals surface area contributed by atoms with Crippen LogP contribution in [0.25, 0.3) is 0 Å². The van der Waals surface area contributed by atoms with Crippen LogP contribution in [0.3, 0.4) is 0 Å². The van der Waals surface area contributed by atoms with Gasteiger partial charge in [0.2, 0.25) is 0 Å². The average molecular weight is 209 g/mol. The van der Waals surface area contributed by atoms with E-state index in [-0.39, 0.29) is 11.9 Å². The minimum atomic E-state index is -0.729. The zero-order chi connectivity index (χ0) is 10.9. The van der Waals surface area contributed by atoms with Crippen LogP contribution in [0.5, 0.6) is 0 Å². The number of nitrogens with two attached hydrogens (primary N) is 1. The second-order valence-corrected chi connectivity index (χ2v) is 4.53. The van der Waals surface area contributed by atoms with E-state index >= 15 is 0 Å². The lowest BCUT2D eigenvalue weighted by Gasteiger charge is -2.22. The van der Waals surface area contributed by atoms with Crippen molar-refractivity contribution < 1.29 is 9.50 Å². The largest absolute Gasteiger partial charge is 0.389 e. The molecule has 1 aliphatic carbocycles. The molecular formula is C12H16FNO. The lowest BCUT2D eigenvalue weighted by atomic mass is 9.93. The summed E-state index contributed by atoms with van der Waals surface area (Å²) in [7, 11) is 0. The lowest BCUT2D eigenvalue weighted by molar-refractivity contribution is 0.0468. The van der Waals surface area contributed by atoms with Gasteiger partial charge in [-0.1, -0.05) is 12.1 Å². The van der Waals surface area contributed by atoms with Crippen molar-refractivity contribution in [3.63, 3.8) is 0 Å². The highest BCUT2D eigenvalue weighted by molar-refractivity contribution is 5.19. The maximum absolute atomic E-state index is 12.9. The van der Waals surface area contributed by atoms with Crippen LogP contribution in [0, 0.1) is 5.82 Å². The van der Waals surface area contributed by atoms with Crippen LogP contribution >= 0.6 is 0 Å². The van der Waals surface area contributed by atoms with Gasteiger partial charge >= 0.3 is 0 Å². The fourth-order valence-electron chi connectivity index (χ4n) is 2.33. The van der Waals surface area contributed by atoms with E-state index in [9.17, 15) is 9.50 Å². The minimum absolute atomic E-state index is 0.0866. The zero-order valence-electron chi connectivity index (χ0n) is 8.62. The molecule has 2 nitrogen and oxygen atoms in total. The van der Waals surface area contributed by atoms with E-state index in [0.717, 1.165) is 12.0 Å². The molecule has 0 spiro atoms. The first-order chi connectivity index (χ1) is 7.07. The molecule has 2 unspecified atom stereocenters. The maximum atomic E-state index is 12.9. The van der Waals surface area contributed by atoms with Gasteiger partial charge in [-0.25, -0.2) is 4.39 Å². The van der Waals surface area contributed by atoms with E-state index in [2.05, 4.69) is 0 Å². The van der Waals surface area contributed by atoms with Gasteiger partial charge in [0.15, 0.2) is 0 Å². The third-order valence-corrected chi connectivity index (χ3v) is 3.04. The molecule has 2 atom stereocenters. The quantitative estimate of drug-likeness (QED) is 0.777. The van der Waals surface area contributed by atoms with Crippen molar-refractivity contribution in [2.24, 2.45) is 5.73 Å². The first-order valence-electron chi connectivity index (χ1n) is 5.30. The Labute approximate surface area is 88.9 Å². The highest BCUT2D eigenvalue weighted by atomic mass is 19.1. The van der Waals surface area contributed by atoms with Crippen LogP contribution in [-0.2, 0) is 6.42 Å². The van der Waals surface area contributed by atoms with Crippen LogP contribution in [-0.4, -0.2) is 16.7 Å². The van der Waals surface area contributed by atoms with Crippen molar-refractivity contribution in [2.75, 3.05) is 0 Å². The van der Waals surface area contributed by atoms with Gasteiger partial charge in [0, 0.05) is 12.5 Å². The zero-order valence-corrected chi connectivity index (χ0v) is 8.62. The van der Waals surface area contributed by atoms with Crippen LogP contribution in [0.1, 0.15) is 24.8 Å². The summed E-state index contributed by atoms with van der Waals surface area (Å²) in [5.41, 5.74) is 5.87. The summed E-state index contributed by atoms with van der Waals surface area (Å²) in [6.07, 6.45) is 2.68. The van der Waals surface area contributed by atoms with Crippen molar-refractivity contribution in [3.8, 4) is 0 Å². The van der Waals surface area contributed by atoms with Gasteiger partial charge in [-0.2, -0.15) is 0 Å². The van der Waals surface area contributed by atoms with Gasteiger partial charge in [-0.15, -0.1) is 0 Å². The fourth-order valence-corrected chi connectivity index (χ4v) is 2.33. The van der Waals surface area contributed by atoms with E-state index in [1.165, 1.54) is 12.1 Å². The number of hydrogen-bond donors (Lipinski definition) is 2. The standard InChI is InChI=1S/C12H16FNO/c13-10-3-1-2-9(6-10)7-12(15)5-4-11(14)8-12/h1-3,6,11,15H,4-5,7-8,14H2. The van der Waals surface area contributed by atoms with E-state index < -0.39 is 5.60 Å². The highest BCUT2D eigenvalue weighted by Crippen LogP contribution is 2.32. The molecule has 0 heterocycles. The molecule has 1 aromatic carbocycles. The topological polar surface area (TPSA) is 46.2 Å². The molecule has 1 saturated carbocycles. The Balaban J connectivity index is 2.08. The minimum Gasteiger partial charge on any atom is -0.389 e. The van der Waals surface area contributed by atoms with E-state index in [1.807, 2.05) is 6.07 Å². The van der Waals surface area contributed by atoms with E-state index in [0.29, 0.717) is 19.3 Å². The second-order valence-electron chi connectivity index (χ2n) is 4.53. The summed E-state index contributed by atoms with van der Waals surface area (Å²) >= 11 is 0. The normalized spacial score (nSPS) is 30.7. The molecule has 0 radical (unpaired) electrons. The van der Waals surface area contributed by atoms with Crippen molar-refractivity contribution in [2.45, 2.75) is 37.3 Å². The molecular weight excluding hydrogens is 193 g/mol. The number of hydrogen-bond acceptors (Lipinski definition) is 2. The summed E-state index contributed by atoms with van der Waals surface area (Å²) in [6, 6.07) is 6.48. The van der Waals surface area contributed by atoms with Crippen molar-refractivity contribution in [3.05, 3.63) is 35.6 Å². The Morgan fingerprint density at radius 2 is 2.33 bits per heavy atom. The Morgan fingerprint density at radius 3 is 2.93 bits per heavy atom. The number of halogens is 1.